The Balaban J connectivity index is 2.16. The Labute approximate surface area is 147 Å². The Kier molecular flexibility index (Phi) is 5.89. The van der Waals surface area contributed by atoms with E-state index in [0.29, 0.717) is 4.47 Å². The summed E-state index contributed by atoms with van der Waals surface area (Å²) >= 11 is 4.17. The summed E-state index contributed by atoms with van der Waals surface area (Å²) in [5.74, 6) is -1.52. The van der Waals surface area contributed by atoms with Gasteiger partial charge in [0.25, 0.3) is 5.91 Å². The third kappa shape index (κ3) is 4.75. The number of carbonyl (C=O) groups excluding carboxylic acids is 2. The number of rotatable bonds is 5. The molecule has 0 saturated carbocycles. The summed E-state index contributed by atoms with van der Waals surface area (Å²) in [5, 5.41) is 4.71. The van der Waals surface area contributed by atoms with Crippen molar-refractivity contribution in [2.24, 2.45) is 5.10 Å². The molecule has 0 aliphatic heterocycles. The standard InChI is InChI=1S/C15H10BrF3N2O2S/c16-10-5-2-1-4-9(10)14(23)21-20-13(15(17,18)19)8-11(22)12-6-3-7-24-12/h1-7H,8H2,(H,21,23). The van der Waals surface area contributed by atoms with Gasteiger partial charge < -0.3 is 0 Å². The fraction of sp³-hybridized carbons (Fsp3) is 0.133. The molecule has 0 atom stereocenters. The van der Waals surface area contributed by atoms with Gasteiger partial charge in [-0.1, -0.05) is 18.2 Å². The van der Waals surface area contributed by atoms with Crippen LogP contribution in [-0.4, -0.2) is 23.6 Å². The van der Waals surface area contributed by atoms with Crippen LogP contribution in [0.5, 0.6) is 0 Å². The summed E-state index contributed by atoms with van der Waals surface area (Å²) in [7, 11) is 0. The number of alkyl halides is 3. The van der Waals surface area contributed by atoms with Gasteiger partial charge in [-0.3, -0.25) is 9.59 Å². The molecule has 1 amide bonds. The summed E-state index contributed by atoms with van der Waals surface area (Å²) < 4.78 is 39.5. The van der Waals surface area contributed by atoms with E-state index in [4.69, 9.17) is 0 Å². The molecule has 1 aromatic heterocycles. The van der Waals surface area contributed by atoms with Crippen molar-refractivity contribution in [3.05, 3.63) is 56.7 Å². The quantitative estimate of drug-likeness (QED) is 0.443. The maximum Gasteiger partial charge on any atom is 0.431 e. The van der Waals surface area contributed by atoms with E-state index in [2.05, 4.69) is 21.0 Å². The lowest BCUT2D eigenvalue weighted by atomic mass is 10.1. The third-order valence-electron chi connectivity index (χ3n) is 2.86. The summed E-state index contributed by atoms with van der Waals surface area (Å²) in [5.41, 5.74) is 0.619. The zero-order valence-electron chi connectivity index (χ0n) is 11.9. The minimum Gasteiger partial charge on any atom is -0.293 e. The van der Waals surface area contributed by atoms with Crippen LogP contribution in [-0.2, 0) is 0 Å². The molecule has 0 aliphatic carbocycles. The predicted molar refractivity (Wildman–Crippen MR) is 88.4 cm³/mol. The Morgan fingerprint density at radius 2 is 1.88 bits per heavy atom. The van der Waals surface area contributed by atoms with Gasteiger partial charge in [-0.2, -0.15) is 18.3 Å². The number of benzene rings is 1. The average Bonchev–Trinajstić information content (AvgIpc) is 3.04. The van der Waals surface area contributed by atoms with E-state index in [1.54, 1.807) is 29.6 Å². The van der Waals surface area contributed by atoms with Crippen LogP contribution in [0.3, 0.4) is 0 Å². The number of ketones is 1. The molecule has 4 nitrogen and oxygen atoms in total. The van der Waals surface area contributed by atoms with Crippen molar-refractivity contribution in [3.63, 3.8) is 0 Å². The van der Waals surface area contributed by atoms with Gasteiger partial charge in [0.15, 0.2) is 5.78 Å². The summed E-state index contributed by atoms with van der Waals surface area (Å²) in [6, 6.07) is 9.22. The van der Waals surface area contributed by atoms with Crippen molar-refractivity contribution >= 4 is 44.7 Å². The molecule has 1 aromatic carbocycles. The Morgan fingerprint density at radius 3 is 2.46 bits per heavy atom. The summed E-state index contributed by atoms with van der Waals surface area (Å²) in [4.78, 5) is 24.0. The monoisotopic (exact) mass is 418 g/mol. The van der Waals surface area contributed by atoms with E-state index in [9.17, 15) is 22.8 Å². The molecule has 0 bridgehead atoms. The molecule has 0 fully saturated rings. The SMILES string of the molecule is O=C(CC(=NNC(=O)c1ccccc1Br)C(F)(F)F)c1cccs1. The first kappa shape index (κ1) is 18.3. The van der Waals surface area contributed by atoms with Crippen molar-refractivity contribution in [2.75, 3.05) is 0 Å². The first-order valence-electron chi connectivity index (χ1n) is 6.54. The van der Waals surface area contributed by atoms with Crippen LogP contribution in [0.4, 0.5) is 13.2 Å². The molecule has 1 N–H and O–H groups in total. The molecule has 9 heteroatoms. The molecule has 0 unspecified atom stereocenters. The molecule has 24 heavy (non-hydrogen) atoms. The largest absolute Gasteiger partial charge is 0.431 e. The van der Waals surface area contributed by atoms with Gasteiger partial charge in [0.2, 0.25) is 0 Å². The van der Waals surface area contributed by atoms with Gasteiger partial charge >= 0.3 is 6.18 Å². The molecule has 2 rings (SSSR count). The highest BCUT2D eigenvalue weighted by Gasteiger charge is 2.37. The van der Waals surface area contributed by atoms with Crippen molar-refractivity contribution in [1.82, 2.24) is 5.43 Å². The normalized spacial score (nSPS) is 12.1. The van der Waals surface area contributed by atoms with Crippen molar-refractivity contribution in [3.8, 4) is 0 Å². The number of Topliss-reactive ketones (excluding diaryl/α,β-unsaturated/α-hetero) is 1. The third-order valence-corrected chi connectivity index (χ3v) is 4.46. The number of hydrogen-bond acceptors (Lipinski definition) is 4. The summed E-state index contributed by atoms with van der Waals surface area (Å²) in [6.07, 6.45) is -5.77. The van der Waals surface area contributed by atoms with Gasteiger partial charge in [-0.15, -0.1) is 11.3 Å². The van der Waals surface area contributed by atoms with Crippen LogP contribution in [0.1, 0.15) is 26.5 Å². The fourth-order valence-electron chi connectivity index (χ4n) is 1.70. The minimum absolute atomic E-state index is 0.132. The zero-order valence-corrected chi connectivity index (χ0v) is 14.3. The molecule has 0 spiro atoms. The molecule has 0 aliphatic rings. The molecule has 126 valence electrons. The first-order chi connectivity index (χ1) is 11.3. The second kappa shape index (κ2) is 7.71. The van der Waals surface area contributed by atoms with Crippen molar-refractivity contribution in [2.45, 2.75) is 12.6 Å². The van der Waals surface area contributed by atoms with E-state index in [1.807, 2.05) is 5.43 Å². The molecule has 0 saturated heterocycles. The Hall–Kier alpha value is -2.00. The second-order valence-corrected chi connectivity index (χ2v) is 6.36. The second-order valence-electron chi connectivity index (χ2n) is 4.55. The lowest BCUT2D eigenvalue weighted by molar-refractivity contribution is -0.0605. The van der Waals surface area contributed by atoms with Crippen LogP contribution >= 0.6 is 27.3 Å². The van der Waals surface area contributed by atoms with Crippen molar-refractivity contribution in [1.29, 1.82) is 0 Å². The maximum atomic E-state index is 13.0. The molecule has 0 radical (unpaired) electrons. The zero-order chi connectivity index (χ0) is 17.7. The van der Waals surface area contributed by atoms with E-state index >= 15 is 0 Å². The Morgan fingerprint density at radius 1 is 1.17 bits per heavy atom. The molecule has 1 heterocycles. The number of thiophene rings is 1. The number of halogens is 4. The predicted octanol–water partition coefficient (Wildman–Crippen LogP) is 4.43. The fourth-order valence-corrected chi connectivity index (χ4v) is 2.83. The highest BCUT2D eigenvalue weighted by Crippen LogP contribution is 2.22. The van der Waals surface area contributed by atoms with E-state index in [0.717, 1.165) is 11.3 Å². The lowest BCUT2D eigenvalue weighted by Gasteiger charge is -2.10. The highest BCUT2D eigenvalue weighted by molar-refractivity contribution is 9.10. The molecular weight excluding hydrogens is 409 g/mol. The number of hydrogen-bond donors (Lipinski definition) is 1. The maximum absolute atomic E-state index is 13.0. The summed E-state index contributed by atoms with van der Waals surface area (Å²) in [6.45, 7) is 0. The minimum atomic E-state index is -4.83. The van der Waals surface area contributed by atoms with Crippen LogP contribution in [0.2, 0.25) is 0 Å². The highest BCUT2D eigenvalue weighted by atomic mass is 79.9. The smallest absolute Gasteiger partial charge is 0.293 e. The van der Waals surface area contributed by atoms with Gasteiger partial charge in [-0.25, -0.2) is 5.43 Å². The van der Waals surface area contributed by atoms with Gasteiger partial charge in [0.05, 0.1) is 16.9 Å². The van der Waals surface area contributed by atoms with Gasteiger partial charge in [0.1, 0.15) is 5.71 Å². The number of carbonyl (C=O) groups is 2. The van der Waals surface area contributed by atoms with Crippen LogP contribution < -0.4 is 5.43 Å². The van der Waals surface area contributed by atoms with Crippen LogP contribution in [0, 0.1) is 0 Å². The topological polar surface area (TPSA) is 58.5 Å². The van der Waals surface area contributed by atoms with Gasteiger partial charge in [0, 0.05) is 4.47 Å². The lowest BCUT2D eigenvalue weighted by Crippen LogP contribution is -2.30. The van der Waals surface area contributed by atoms with E-state index in [-0.39, 0.29) is 10.4 Å². The molecular formula is C15H10BrF3N2O2S. The van der Waals surface area contributed by atoms with Gasteiger partial charge in [-0.05, 0) is 39.5 Å². The van der Waals surface area contributed by atoms with E-state index in [1.165, 1.54) is 12.1 Å². The number of hydrazone groups is 1. The van der Waals surface area contributed by atoms with Crippen LogP contribution in [0.25, 0.3) is 0 Å². The Bertz CT molecular complexity index is 773. The average molecular weight is 419 g/mol. The number of nitrogens with one attached hydrogen (secondary N) is 1. The number of amides is 1. The number of nitrogens with zero attached hydrogens (tertiary/aromatic N) is 1. The van der Waals surface area contributed by atoms with E-state index < -0.39 is 30.0 Å². The first-order valence-corrected chi connectivity index (χ1v) is 8.21. The van der Waals surface area contributed by atoms with Crippen LogP contribution in [0.15, 0.2) is 51.4 Å². The van der Waals surface area contributed by atoms with Crippen molar-refractivity contribution < 1.29 is 22.8 Å². The molecule has 2 aromatic rings.